The van der Waals surface area contributed by atoms with E-state index >= 15 is 0 Å². The van der Waals surface area contributed by atoms with Gasteiger partial charge in [0.15, 0.2) is 5.76 Å². The molecule has 0 spiro atoms. The summed E-state index contributed by atoms with van der Waals surface area (Å²) in [6, 6.07) is 0. The summed E-state index contributed by atoms with van der Waals surface area (Å²) in [6.45, 7) is 5.38. The summed E-state index contributed by atoms with van der Waals surface area (Å²) in [6.07, 6.45) is 0.762. The average molecular weight is 224 g/mol. The molecule has 0 radical (unpaired) electrons. The van der Waals surface area contributed by atoms with Crippen LogP contribution in [0, 0.1) is 0 Å². The smallest absolute Gasteiger partial charge is 0.270 e. The maximum Gasteiger partial charge on any atom is 0.270 e. The molecule has 2 aliphatic heterocycles. The number of fused-ring (bicyclic) bond motifs is 1. The van der Waals surface area contributed by atoms with Crippen molar-refractivity contribution >= 4 is 0 Å². The molecule has 0 bridgehead atoms. The number of aliphatic hydroxyl groups excluding tert-OH is 1. The van der Waals surface area contributed by atoms with Crippen LogP contribution in [0.15, 0.2) is 34.5 Å². The minimum atomic E-state index is -0.573. The lowest BCUT2D eigenvalue weighted by molar-refractivity contribution is -0.0481. The van der Waals surface area contributed by atoms with Crippen molar-refractivity contribution in [2.24, 2.45) is 0 Å². The van der Waals surface area contributed by atoms with E-state index in [0.717, 1.165) is 16.9 Å². The van der Waals surface area contributed by atoms with Gasteiger partial charge >= 0.3 is 0 Å². The maximum atomic E-state index is 9.75. The summed E-state index contributed by atoms with van der Waals surface area (Å²) < 4.78 is 16.4. The molecule has 0 saturated carbocycles. The van der Waals surface area contributed by atoms with E-state index in [-0.39, 0.29) is 0 Å². The monoisotopic (exact) mass is 224 g/mol. The molecule has 16 heavy (non-hydrogen) atoms. The Labute approximate surface area is 94.8 Å². The molecule has 1 N–H and O–H groups in total. The Balaban J connectivity index is 2.53. The van der Waals surface area contributed by atoms with Crippen molar-refractivity contribution in [2.75, 3.05) is 7.11 Å². The van der Waals surface area contributed by atoms with Crippen molar-refractivity contribution in [3.05, 3.63) is 34.5 Å². The van der Waals surface area contributed by atoms with Crippen LogP contribution in [0.25, 0.3) is 0 Å². The normalized spacial score (nSPS) is 25.8. The van der Waals surface area contributed by atoms with Crippen molar-refractivity contribution in [1.82, 2.24) is 0 Å². The molecule has 0 amide bonds. The van der Waals surface area contributed by atoms with Gasteiger partial charge in [-0.05, 0) is 32.4 Å². The van der Waals surface area contributed by atoms with Crippen LogP contribution in [0.4, 0.5) is 0 Å². The highest BCUT2D eigenvalue weighted by atomic mass is 16.7. The Bertz CT molecular complexity index is 401. The summed E-state index contributed by atoms with van der Waals surface area (Å²) in [4.78, 5) is 0. The topological polar surface area (TPSA) is 47.9 Å². The summed E-state index contributed by atoms with van der Waals surface area (Å²) in [5.74, 6) is 2.07. The van der Waals surface area contributed by atoms with Crippen LogP contribution in [0.2, 0.25) is 0 Å². The Morgan fingerprint density at radius 1 is 1.38 bits per heavy atom. The fourth-order valence-electron chi connectivity index (χ4n) is 2.02. The zero-order chi connectivity index (χ0) is 11.9. The van der Waals surface area contributed by atoms with Crippen LogP contribution < -0.4 is 0 Å². The number of ether oxygens (including phenoxy) is 3. The minimum absolute atomic E-state index is 0.482. The van der Waals surface area contributed by atoms with Gasteiger partial charge in [0.1, 0.15) is 5.76 Å². The molecule has 0 saturated heterocycles. The predicted molar refractivity (Wildman–Crippen MR) is 58.1 cm³/mol. The molecule has 4 heteroatoms. The van der Waals surface area contributed by atoms with E-state index in [4.69, 9.17) is 14.2 Å². The van der Waals surface area contributed by atoms with Gasteiger partial charge in [0.05, 0.1) is 24.5 Å². The van der Waals surface area contributed by atoms with Crippen LogP contribution in [0.3, 0.4) is 0 Å². The standard InChI is InChI=1S/C12H16O4/c1-6-5-9(7(2)13)10-11(14-4)8(3)16-12(10)15-6/h5,7,12-13H,1-4H3/t7-,12+/m1/s1. The van der Waals surface area contributed by atoms with Gasteiger partial charge in [-0.15, -0.1) is 0 Å². The number of hydrogen-bond donors (Lipinski definition) is 1. The van der Waals surface area contributed by atoms with Crippen molar-refractivity contribution in [3.63, 3.8) is 0 Å². The average Bonchev–Trinajstić information content (AvgIpc) is 2.51. The molecule has 0 aromatic carbocycles. The Kier molecular flexibility index (Phi) is 2.68. The first kappa shape index (κ1) is 11.1. The molecule has 4 nitrogen and oxygen atoms in total. The summed E-state index contributed by atoms with van der Waals surface area (Å²) in [5, 5.41) is 9.75. The number of hydrogen-bond acceptors (Lipinski definition) is 4. The van der Waals surface area contributed by atoms with Crippen molar-refractivity contribution < 1.29 is 19.3 Å². The third-order valence-corrected chi connectivity index (χ3v) is 2.70. The highest BCUT2D eigenvalue weighted by Crippen LogP contribution is 2.39. The molecule has 88 valence electrons. The predicted octanol–water partition coefficient (Wildman–Crippen LogP) is 1.83. The SMILES string of the molecule is COC1=C(C)O[C@@H]2OC(C)=CC([C@@H](C)O)=C12. The van der Waals surface area contributed by atoms with Gasteiger partial charge < -0.3 is 19.3 Å². The molecule has 2 heterocycles. The lowest BCUT2D eigenvalue weighted by Crippen LogP contribution is -2.22. The van der Waals surface area contributed by atoms with Crippen LogP contribution in [0.1, 0.15) is 20.8 Å². The van der Waals surface area contributed by atoms with E-state index in [1.807, 2.05) is 19.9 Å². The Hall–Kier alpha value is -1.42. The molecule has 2 rings (SSSR count). The molecule has 2 atom stereocenters. The van der Waals surface area contributed by atoms with Gasteiger partial charge in [-0.2, -0.15) is 0 Å². The first-order valence-electron chi connectivity index (χ1n) is 5.23. The Morgan fingerprint density at radius 3 is 2.62 bits per heavy atom. The van der Waals surface area contributed by atoms with Gasteiger partial charge in [-0.3, -0.25) is 0 Å². The zero-order valence-electron chi connectivity index (χ0n) is 9.90. The van der Waals surface area contributed by atoms with Crippen LogP contribution in [-0.2, 0) is 14.2 Å². The van der Waals surface area contributed by atoms with Gasteiger partial charge in [-0.1, -0.05) is 0 Å². The van der Waals surface area contributed by atoms with Gasteiger partial charge in [-0.25, -0.2) is 0 Å². The number of allylic oxidation sites excluding steroid dienone is 2. The zero-order valence-corrected chi connectivity index (χ0v) is 9.90. The Morgan fingerprint density at radius 2 is 2.06 bits per heavy atom. The van der Waals surface area contributed by atoms with Crippen LogP contribution in [0.5, 0.6) is 0 Å². The third-order valence-electron chi connectivity index (χ3n) is 2.70. The number of rotatable bonds is 2. The second kappa shape index (κ2) is 3.87. The van der Waals surface area contributed by atoms with E-state index < -0.39 is 12.4 Å². The summed E-state index contributed by atoms with van der Waals surface area (Å²) in [5.41, 5.74) is 1.59. The van der Waals surface area contributed by atoms with Gasteiger partial charge in [0.25, 0.3) is 6.29 Å². The quantitative estimate of drug-likeness (QED) is 0.777. The molecule has 0 aromatic rings. The van der Waals surface area contributed by atoms with Crippen LogP contribution >= 0.6 is 0 Å². The molecule has 2 aliphatic rings. The number of aliphatic hydroxyl groups is 1. The molecular weight excluding hydrogens is 208 g/mol. The van der Waals surface area contributed by atoms with E-state index in [2.05, 4.69) is 0 Å². The summed E-state index contributed by atoms with van der Waals surface area (Å²) in [7, 11) is 1.59. The number of methoxy groups -OCH3 is 1. The minimum Gasteiger partial charge on any atom is -0.493 e. The second-order valence-corrected chi connectivity index (χ2v) is 3.96. The highest BCUT2D eigenvalue weighted by Gasteiger charge is 2.37. The van der Waals surface area contributed by atoms with Crippen molar-refractivity contribution in [1.29, 1.82) is 0 Å². The highest BCUT2D eigenvalue weighted by molar-refractivity contribution is 5.47. The molecule has 0 aromatic heterocycles. The first-order valence-corrected chi connectivity index (χ1v) is 5.23. The van der Waals surface area contributed by atoms with Crippen molar-refractivity contribution in [3.8, 4) is 0 Å². The molecular formula is C12H16O4. The lowest BCUT2D eigenvalue weighted by atomic mass is 9.99. The van der Waals surface area contributed by atoms with Crippen LogP contribution in [-0.4, -0.2) is 24.6 Å². The largest absolute Gasteiger partial charge is 0.493 e. The first-order chi connectivity index (χ1) is 7.54. The maximum absolute atomic E-state index is 9.75. The van der Waals surface area contributed by atoms with Crippen molar-refractivity contribution in [2.45, 2.75) is 33.2 Å². The van der Waals surface area contributed by atoms with E-state index in [1.165, 1.54) is 0 Å². The van der Waals surface area contributed by atoms with E-state index in [1.54, 1.807) is 14.0 Å². The lowest BCUT2D eigenvalue weighted by Gasteiger charge is -2.24. The fraction of sp³-hybridized carbons (Fsp3) is 0.500. The third kappa shape index (κ3) is 1.59. The fourth-order valence-corrected chi connectivity index (χ4v) is 2.02. The van der Waals surface area contributed by atoms with E-state index in [9.17, 15) is 5.11 Å². The molecule has 0 fully saturated rings. The molecule has 0 unspecified atom stereocenters. The summed E-state index contributed by atoms with van der Waals surface area (Å²) >= 11 is 0. The van der Waals surface area contributed by atoms with E-state index in [0.29, 0.717) is 11.5 Å². The van der Waals surface area contributed by atoms with Gasteiger partial charge in [0, 0.05) is 0 Å². The molecule has 0 aliphatic carbocycles. The van der Waals surface area contributed by atoms with Gasteiger partial charge in [0.2, 0.25) is 0 Å². The second-order valence-electron chi connectivity index (χ2n) is 3.96.